The van der Waals surface area contributed by atoms with Crippen LogP contribution in [0.3, 0.4) is 0 Å². The zero-order valence-corrected chi connectivity index (χ0v) is 9.43. The average Bonchev–Trinajstić information content (AvgIpc) is 2.01. The summed E-state index contributed by atoms with van der Waals surface area (Å²) in [5.41, 5.74) is 0.644. The van der Waals surface area contributed by atoms with Crippen LogP contribution >= 0.6 is 23.2 Å². The lowest BCUT2D eigenvalue weighted by molar-refractivity contribution is -0.117. The SMILES string of the molecule is CC(=O)C[C@@H](C)c1c(Cl)ncnc1Cl. The molecule has 0 aliphatic rings. The van der Waals surface area contributed by atoms with Crippen molar-refractivity contribution in [3.63, 3.8) is 0 Å². The van der Waals surface area contributed by atoms with Crippen molar-refractivity contribution in [2.45, 2.75) is 26.2 Å². The van der Waals surface area contributed by atoms with Crippen LogP contribution < -0.4 is 0 Å². The van der Waals surface area contributed by atoms with E-state index in [1.165, 1.54) is 13.3 Å². The Hall–Kier alpha value is -0.670. The standard InChI is InChI=1S/C9H10Cl2N2O/c1-5(3-6(2)14)7-8(10)12-4-13-9(7)11/h4-5H,3H2,1-2H3/t5-/m1/s1. The fourth-order valence-electron chi connectivity index (χ4n) is 1.29. The van der Waals surface area contributed by atoms with Gasteiger partial charge in [0.05, 0.1) is 0 Å². The van der Waals surface area contributed by atoms with Gasteiger partial charge >= 0.3 is 0 Å². The van der Waals surface area contributed by atoms with Crippen molar-refractivity contribution in [1.82, 2.24) is 9.97 Å². The Balaban J connectivity index is 2.99. The summed E-state index contributed by atoms with van der Waals surface area (Å²) < 4.78 is 0. The van der Waals surface area contributed by atoms with Crippen LogP contribution in [0.25, 0.3) is 0 Å². The van der Waals surface area contributed by atoms with Gasteiger partial charge < -0.3 is 4.79 Å². The molecule has 0 spiro atoms. The molecule has 1 heterocycles. The molecule has 0 N–H and O–H groups in total. The molecule has 0 saturated heterocycles. The molecule has 0 bridgehead atoms. The van der Waals surface area contributed by atoms with E-state index < -0.39 is 0 Å². The van der Waals surface area contributed by atoms with Crippen molar-refractivity contribution < 1.29 is 4.79 Å². The minimum absolute atomic E-state index is 0.0475. The Morgan fingerprint density at radius 1 is 1.43 bits per heavy atom. The number of carbonyl (C=O) groups excluding carboxylic acids is 1. The van der Waals surface area contributed by atoms with Crippen molar-refractivity contribution in [3.8, 4) is 0 Å². The normalized spacial score (nSPS) is 12.6. The molecular weight excluding hydrogens is 223 g/mol. The molecule has 0 radical (unpaired) electrons. The number of aromatic nitrogens is 2. The van der Waals surface area contributed by atoms with Crippen molar-refractivity contribution in [3.05, 3.63) is 22.2 Å². The lowest BCUT2D eigenvalue weighted by atomic mass is 9.99. The van der Waals surface area contributed by atoms with Crippen LogP contribution in [-0.2, 0) is 4.79 Å². The third-order valence-corrected chi connectivity index (χ3v) is 2.48. The minimum atomic E-state index is -0.0475. The first-order chi connectivity index (χ1) is 6.52. The van der Waals surface area contributed by atoms with Gasteiger partial charge in [0.25, 0.3) is 0 Å². The summed E-state index contributed by atoms with van der Waals surface area (Å²) in [7, 11) is 0. The summed E-state index contributed by atoms with van der Waals surface area (Å²) in [5, 5.41) is 0.637. The predicted molar refractivity (Wildman–Crippen MR) is 55.8 cm³/mol. The number of hydrogen-bond donors (Lipinski definition) is 0. The highest BCUT2D eigenvalue weighted by molar-refractivity contribution is 6.34. The van der Waals surface area contributed by atoms with E-state index in [0.29, 0.717) is 22.3 Å². The Labute approximate surface area is 92.5 Å². The van der Waals surface area contributed by atoms with Gasteiger partial charge in [-0.25, -0.2) is 9.97 Å². The second-order valence-corrected chi connectivity index (χ2v) is 3.89. The van der Waals surface area contributed by atoms with Crippen LogP contribution in [-0.4, -0.2) is 15.8 Å². The van der Waals surface area contributed by atoms with Gasteiger partial charge in [0.1, 0.15) is 22.4 Å². The van der Waals surface area contributed by atoms with E-state index in [1.807, 2.05) is 6.92 Å². The van der Waals surface area contributed by atoms with Gasteiger partial charge in [0.2, 0.25) is 0 Å². The molecule has 0 fully saturated rings. The smallest absolute Gasteiger partial charge is 0.137 e. The van der Waals surface area contributed by atoms with Crippen LogP contribution in [0.2, 0.25) is 10.3 Å². The molecule has 0 aliphatic carbocycles. The Morgan fingerprint density at radius 3 is 2.36 bits per heavy atom. The summed E-state index contributed by atoms with van der Waals surface area (Å²) in [4.78, 5) is 18.6. The van der Waals surface area contributed by atoms with Crippen LogP contribution in [0.1, 0.15) is 31.7 Å². The number of Topliss-reactive ketones (excluding diaryl/α,β-unsaturated/α-hetero) is 1. The fourth-order valence-corrected chi connectivity index (χ4v) is 1.98. The van der Waals surface area contributed by atoms with Crippen LogP contribution in [0.5, 0.6) is 0 Å². The van der Waals surface area contributed by atoms with Gasteiger partial charge in [0.15, 0.2) is 0 Å². The van der Waals surface area contributed by atoms with E-state index in [4.69, 9.17) is 23.2 Å². The van der Waals surface area contributed by atoms with E-state index in [-0.39, 0.29) is 11.7 Å². The van der Waals surface area contributed by atoms with Crippen LogP contribution in [0, 0.1) is 0 Å². The molecule has 0 unspecified atom stereocenters. The van der Waals surface area contributed by atoms with E-state index in [9.17, 15) is 4.79 Å². The highest BCUT2D eigenvalue weighted by Crippen LogP contribution is 2.30. The molecule has 0 saturated carbocycles. The molecule has 1 aromatic heterocycles. The first kappa shape index (κ1) is 11.4. The number of carbonyl (C=O) groups is 1. The molecular formula is C9H10Cl2N2O. The average molecular weight is 233 g/mol. The Morgan fingerprint density at radius 2 is 1.93 bits per heavy atom. The molecule has 1 rings (SSSR count). The zero-order chi connectivity index (χ0) is 10.7. The second kappa shape index (κ2) is 4.71. The van der Waals surface area contributed by atoms with Gasteiger partial charge in [-0.15, -0.1) is 0 Å². The van der Waals surface area contributed by atoms with Gasteiger partial charge in [-0.2, -0.15) is 0 Å². The zero-order valence-electron chi connectivity index (χ0n) is 7.92. The molecule has 76 valence electrons. The highest BCUT2D eigenvalue weighted by atomic mass is 35.5. The van der Waals surface area contributed by atoms with E-state index in [1.54, 1.807) is 0 Å². The maximum atomic E-state index is 10.9. The minimum Gasteiger partial charge on any atom is -0.300 e. The van der Waals surface area contributed by atoms with Gasteiger partial charge in [0, 0.05) is 12.0 Å². The maximum Gasteiger partial charge on any atom is 0.137 e. The largest absolute Gasteiger partial charge is 0.300 e. The lowest BCUT2D eigenvalue weighted by Gasteiger charge is -2.11. The molecule has 1 atom stereocenters. The summed E-state index contributed by atoms with van der Waals surface area (Å²) in [6, 6.07) is 0. The third kappa shape index (κ3) is 2.66. The van der Waals surface area contributed by atoms with Gasteiger partial charge in [-0.3, -0.25) is 0 Å². The molecule has 1 aromatic rings. The van der Waals surface area contributed by atoms with Gasteiger partial charge in [-0.05, 0) is 12.8 Å². The van der Waals surface area contributed by atoms with E-state index >= 15 is 0 Å². The number of ketones is 1. The first-order valence-corrected chi connectivity index (χ1v) is 4.93. The number of nitrogens with zero attached hydrogens (tertiary/aromatic N) is 2. The second-order valence-electron chi connectivity index (χ2n) is 3.18. The quantitative estimate of drug-likeness (QED) is 0.754. The third-order valence-electron chi connectivity index (χ3n) is 1.87. The number of hydrogen-bond acceptors (Lipinski definition) is 3. The Bertz CT molecular complexity index is 334. The van der Waals surface area contributed by atoms with Crippen molar-refractivity contribution in [2.24, 2.45) is 0 Å². The van der Waals surface area contributed by atoms with Crippen molar-refractivity contribution in [1.29, 1.82) is 0 Å². The highest BCUT2D eigenvalue weighted by Gasteiger charge is 2.16. The van der Waals surface area contributed by atoms with Gasteiger partial charge in [-0.1, -0.05) is 30.1 Å². The Kier molecular flexibility index (Phi) is 3.84. The van der Waals surface area contributed by atoms with Crippen LogP contribution in [0.4, 0.5) is 0 Å². The van der Waals surface area contributed by atoms with E-state index in [2.05, 4.69) is 9.97 Å². The lowest BCUT2D eigenvalue weighted by Crippen LogP contribution is -2.03. The molecule has 14 heavy (non-hydrogen) atoms. The summed E-state index contributed by atoms with van der Waals surface area (Å²) in [6.07, 6.45) is 1.70. The first-order valence-electron chi connectivity index (χ1n) is 4.17. The monoisotopic (exact) mass is 232 g/mol. The topological polar surface area (TPSA) is 42.9 Å². The number of rotatable bonds is 3. The summed E-state index contributed by atoms with van der Waals surface area (Å²) in [6.45, 7) is 3.40. The molecule has 0 amide bonds. The number of halogens is 2. The summed E-state index contributed by atoms with van der Waals surface area (Å²) in [5.74, 6) is 0.0437. The molecule has 3 nitrogen and oxygen atoms in total. The molecule has 0 aromatic carbocycles. The predicted octanol–water partition coefficient (Wildman–Crippen LogP) is 2.87. The van der Waals surface area contributed by atoms with Crippen LogP contribution in [0.15, 0.2) is 6.33 Å². The van der Waals surface area contributed by atoms with Crippen molar-refractivity contribution >= 4 is 29.0 Å². The molecule has 5 heteroatoms. The molecule has 0 aliphatic heterocycles. The fraction of sp³-hybridized carbons (Fsp3) is 0.444. The van der Waals surface area contributed by atoms with E-state index in [0.717, 1.165) is 0 Å². The van der Waals surface area contributed by atoms with Crippen molar-refractivity contribution in [2.75, 3.05) is 0 Å². The maximum absolute atomic E-state index is 10.9. The summed E-state index contributed by atoms with van der Waals surface area (Å²) >= 11 is 11.7.